The van der Waals surface area contributed by atoms with Crippen molar-refractivity contribution in [3.8, 4) is 0 Å². The Kier molecular flexibility index (Phi) is 7.76. The fourth-order valence-corrected chi connectivity index (χ4v) is 1.13. The van der Waals surface area contributed by atoms with Crippen molar-refractivity contribution in [3.63, 3.8) is 0 Å². The highest BCUT2D eigenvalue weighted by molar-refractivity contribution is 4.86. The topological polar surface area (TPSA) is 47.3 Å². The third kappa shape index (κ3) is 6.13. The van der Waals surface area contributed by atoms with Gasteiger partial charge in [-0.1, -0.05) is 12.2 Å². The van der Waals surface area contributed by atoms with Crippen molar-refractivity contribution in [1.82, 2.24) is 5.32 Å². The molecule has 1 atom stereocenters. The Morgan fingerprint density at radius 1 is 1.50 bits per heavy atom. The van der Waals surface area contributed by atoms with Crippen molar-refractivity contribution in [2.75, 3.05) is 26.3 Å². The van der Waals surface area contributed by atoms with Crippen molar-refractivity contribution in [2.24, 2.45) is 5.73 Å². The molecule has 0 spiro atoms. The molecule has 0 heterocycles. The predicted octanol–water partition coefficient (Wildman–Crippen LogP) is 1.30. The highest BCUT2D eigenvalue weighted by Crippen LogP contribution is 2.02. The van der Waals surface area contributed by atoms with E-state index in [-0.39, 0.29) is 5.54 Å². The van der Waals surface area contributed by atoms with Crippen LogP contribution in [0.15, 0.2) is 12.2 Å². The van der Waals surface area contributed by atoms with Gasteiger partial charge in [-0.2, -0.15) is 0 Å². The van der Waals surface area contributed by atoms with Crippen LogP contribution in [0.3, 0.4) is 0 Å². The summed E-state index contributed by atoms with van der Waals surface area (Å²) in [5.74, 6) is 0. The Labute approximate surface area is 87.7 Å². The normalized spacial score (nSPS) is 16.0. The Bertz CT molecular complexity index is 159. The second kappa shape index (κ2) is 7.97. The standard InChI is InChI=1S/C11H24N2O/c1-4-6-7-8-13-11(3,9-12)10-14-5-2/h4,6,13H,5,7-10,12H2,1-3H3/b6-4+. The SMILES string of the molecule is C/C=C/CCNC(C)(CN)COCC. The van der Waals surface area contributed by atoms with Gasteiger partial charge in [-0.05, 0) is 33.7 Å². The maximum atomic E-state index is 5.70. The van der Waals surface area contributed by atoms with Crippen LogP contribution in [-0.4, -0.2) is 31.8 Å². The minimum atomic E-state index is -0.0857. The monoisotopic (exact) mass is 200 g/mol. The van der Waals surface area contributed by atoms with Gasteiger partial charge in [0.1, 0.15) is 0 Å². The lowest BCUT2D eigenvalue weighted by Crippen LogP contribution is -2.52. The summed E-state index contributed by atoms with van der Waals surface area (Å²) in [6.45, 7) is 9.09. The zero-order valence-corrected chi connectivity index (χ0v) is 9.68. The van der Waals surface area contributed by atoms with Gasteiger partial charge in [0.25, 0.3) is 0 Å². The van der Waals surface area contributed by atoms with Gasteiger partial charge < -0.3 is 15.8 Å². The van der Waals surface area contributed by atoms with Gasteiger partial charge in [-0.15, -0.1) is 0 Å². The first-order valence-corrected chi connectivity index (χ1v) is 5.32. The second-order valence-electron chi connectivity index (χ2n) is 3.69. The molecule has 1 unspecified atom stereocenters. The summed E-state index contributed by atoms with van der Waals surface area (Å²) in [5.41, 5.74) is 5.62. The number of rotatable bonds is 8. The van der Waals surface area contributed by atoms with Gasteiger partial charge in [0.2, 0.25) is 0 Å². The Morgan fingerprint density at radius 3 is 2.71 bits per heavy atom. The summed E-state index contributed by atoms with van der Waals surface area (Å²) in [6, 6.07) is 0. The van der Waals surface area contributed by atoms with Crippen LogP contribution >= 0.6 is 0 Å². The molecule has 84 valence electrons. The minimum Gasteiger partial charge on any atom is -0.380 e. The summed E-state index contributed by atoms with van der Waals surface area (Å²) in [4.78, 5) is 0. The van der Waals surface area contributed by atoms with Gasteiger partial charge in [0, 0.05) is 13.2 Å². The van der Waals surface area contributed by atoms with E-state index >= 15 is 0 Å². The Morgan fingerprint density at radius 2 is 2.21 bits per heavy atom. The van der Waals surface area contributed by atoms with E-state index in [4.69, 9.17) is 10.5 Å². The summed E-state index contributed by atoms with van der Waals surface area (Å²) >= 11 is 0. The number of hydrogen-bond acceptors (Lipinski definition) is 3. The molecule has 3 heteroatoms. The molecule has 0 saturated carbocycles. The maximum Gasteiger partial charge on any atom is 0.0657 e. The highest BCUT2D eigenvalue weighted by Gasteiger charge is 2.20. The molecule has 0 radical (unpaired) electrons. The molecular weight excluding hydrogens is 176 g/mol. The molecular formula is C11H24N2O. The van der Waals surface area contributed by atoms with Crippen molar-refractivity contribution >= 4 is 0 Å². The lowest BCUT2D eigenvalue weighted by molar-refractivity contribution is 0.0880. The molecule has 0 aliphatic rings. The van der Waals surface area contributed by atoms with Crippen LogP contribution < -0.4 is 11.1 Å². The Hall–Kier alpha value is -0.380. The van der Waals surface area contributed by atoms with Crippen LogP contribution in [0.1, 0.15) is 27.2 Å². The molecule has 0 saturated heterocycles. The first-order chi connectivity index (χ1) is 6.68. The molecule has 0 amide bonds. The average Bonchev–Trinajstić information content (AvgIpc) is 2.22. The van der Waals surface area contributed by atoms with Crippen molar-refractivity contribution < 1.29 is 4.74 Å². The van der Waals surface area contributed by atoms with Crippen LogP contribution in [0.25, 0.3) is 0 Å². The average molecular weight is 200 g/mol. The van der Waals surface area contributed by atoms with E-state index in [0.717, 1.165) is 19.6 Å². The lowest BCUT2D eigenvalue weighted by Gasteiger charge is -2.29. The fourth-order valence-electron chi connectivity index (χ4n) is 1.13. The number of hydrogen-bond donors (Lipinski definition) is 2. The van der Waals surface area contributed by atoms with E-state index in [9.17, 15) is 0 Å². The van der Waals surface area contributed by atoms with E-state index in [1.807, 2.05) is 13.8 Å². The van der Waals surface area contributed by atoms with Gasteiger partial charge in [0.05, 0.1) is 12.1 Å². The molecule has 0 aliphatic heterocycles. The summed E-state index contributed by atoms with van der Waals surface area (Å²) in [6.07, 6.45) is 5.24. The van der Waals surface area contributed by atoms with E-state index in [1.54, 1.807) is 0 Å². The number of nitrogens with two attached hydrogens (primary N) is 1. The molecule has 14 heavy (non-hydrogen) atoms. The van der Waals surface area contributed by atoms with E-state index in [0.29, 0.717) is 13.2 Å². The van der Waals surface area contributed by atoms with Crippen LogP contribution in [0.4, 0.5) is 0 Å². The third-order valence-corrected chi connectivity index (χ3v) is 2.17. The second-order valence-corrected chi connectivity index (χ2v) is 3.69. The molecule has 0 bridgehead atoms. The van der Waals surface area contributed by atoms with Gasteiger partial charge in [-0.25, -0.2) is 0 Å². The number of nitrogens with one attached hydrogen (secondary N) is 1. The summed E-state index contributed by atoms with van der Waals surface area (Å²) < 4.78 is 5.39. The Balaban J connectivity index is 3.74. The molecule has 0 aromatic heterocycles. The molecule has 3 nitrogen and oxygen atoms in total. The highest BCUT2D eigenvalue weighted by atomic mass is 16.5. The smallest absolute Gasteiger partial charge is 0.0657 e. The predicted molar refractivity (Wildman–Crippen MR) is 61.4 cm³/mol. The lowest BCUT2D eigenvalue weighted by atomic mass is 10.0. The van der Waals surface area contributed by atoms with Gasteiger partial charge in [-0.3, -0.25) is 0 Å². The van der Waals surface area contributed by atoms with Gasteiger partial charge in [0.15, 0.2) is 0 Å². The molecule has 0 aliphatic carbocycles. The summed E-state index contributed by atoms with van der Waals surface area (Å²) in [5, 5.41) is 3.41. The van der Waals surface area contributed by atoms with Crippen molar-refractivity contribution in [1.29, 1.82) is 0 Å². The molecule has 3 N–H and O–H groups in total. The van der Waals surface area contributed by atoms with Crippen LogP contribution in [0.2, 0.25) is 0 Å². The van der Waals surface area contributed by atoms with Gasteiger partial charge >= 0.3 is 0 Å². The minimum absolute atomic E-state index is 0.0857. The first-order valence-electron chi connectivity index (χ1n) is 5.32. The van der Waals surface area contributed by atoms with Crippen LogP contribution in [0.5, 0.6) is 0 Å². The quantitative estimate of drug-likeness (QED) is 0.458. The van der Waals surface area contributed by atoms with Crippen LogP contribution in [0, 0.1) is 0 Å². The molecule has 0 aromatic rings. The third-order valence-electron chi connectivity index (χ3n) is 2.17. The van der Waals surface area contributed by atoms with Crippen LogP contribution in [-0.2, 0) is 4.74 Å². The summed E-state index contributed by atoms with van der Waals surface area (Å²) in [7, 11) is 0. The largest absolute Gasteiger partial charge is 0.380 e. The van der Waals surface area contributed by atoms with E-state index < -0.39 is 0 Å². The number of ether oxygens (including phenoxy) is 1. The zero-order chi connectivity index (χ0) is 10.9. The molecule has 0 fully saturated rings. The first kappa shape index (κ1) is 13.6. The number of allylic oxidation sites excluding steroid dienone is 1. The zero-order valence-electron chi connectivity index (χ0n) is 9.68. The molecule has 0 aromatic carbocycles. The van der Waals surface area contributed by atoms with Crippen molar-refractivity contribution in [3.05, 3.63) is 12.2 Å². The fraction of sp³-hybridized carbons (Fsp3) is 0.818. The van der Waals surface area contributed by atoms with E-state index in [2.05, 4.69) is 24.4 Å². The maximum absolute atomic E-state index is 5.70. The molecule has 0 rings (SSSR count). The van der Waals surface area contributed by atoms with Crippen molar-refractivity contribution in [2.45, 2.75) is 32.7 Å². The van der Waals surface area contributed by atoms with E-state index in [1.165, 1.54) is 0 Å².